The standard InChI is InChI=1S/C16H21NO2/c1-3-19-16(18)13-9-12-8-10(2)4-7-14(12)17-15(13)11-5-6-11/h9-11H,3-8H2,1-2H3. The lowest BCUT2D eigenvalue weighted by Crippen LogP contribution is -2.17. The predicted molar refractivity (Wildman–Crippen MR) is 73.4 cm³/mol. The summed E-state index contributed by atoms with van der Waals surface area (Å²) in [5.74, 6) is 0.984. The summed E-state index contributed by atoms with van der Waals surface area (Å²) in [6, 6.07) is 2.06. The monoisotopic (exact) mass is 259 g/mol. The van der Waals surface area contributed by atoms with Gasteiger partial charge in [-0.3, -0.25) is 4.98 Å². The maximum atomic E-state index is 12.1. The molecule has 0 bridgehead atoms. The summed E-state index contributed by atoms with van der Waals surface area (Å²) in [6.45, 7) is 4.54. The van der Waals surface area contributed by atoms with Crippen molar-refractivity contribution in [2.45, 2.75) is 51.9 Å². The smallest absolute Gasteiger partial charge is 0.339 e. The van der Waals surface area contributed by atoms with Gasteiger partial charge in [0, 0.05) is 11.6 Å². The van der Waals surface area contributed by atoms with Crippen molar-refractivity contribution in [3.8, 4) is 0 Å². The molecule has 3 nitrogen and oxygen atoms in total. The van der Waals surface area contributed by atoms with Gasteiger partial charge in [-0.2, -0.15) is 0 Å². The van der Waals surface area contributed by atoms with Crippen molar-refractivity contribution < 1.29 is 9.53 Å². The van der Waals surface area contributed by atoms with Gasteiger partial charge in [0.1, 0.15) is 0 Å². The zero-order chi connectivity index (χ0) is 13.4. The van der Waals surface area contributed by atoms with Gasteiger partial charge in [0.15, 0.2) is 0 Å². The molecule has 0 aliphatic heterocycles. The summed E-state index contributed by atoms with van der Waals surface area (Å²) in [7, 11) is 0. The average Bonchev–Trinajstić information content (AvgIpc) is 3.21. The summed E-state index contributed by atoms with van der Waals surface area (Å²) in [4.78, 5) is 16.9. The number of carbonyl (C=O) groups excluding carboxylic acids is 1. The van der Waals surface area contributed by atoms with Crippen LogP contribution in [0.3, 0.4) is 0 Å². The first-order valence-corrected chi connectivity index (χ1v) is 7.38. The molecule has 0 N–H and O–H groups in total. The van der Waals surface area contributed by atoms with E-state index in [9.17, 15) is 4.79 Å². The van der Waals surface area contributed by atoms with E-state index in [1.165, 1.54) is 17.7 Å². The molecule has 2 aliphatic rings. The number of pyridine rings is 1. The molecule has 0 radical (unpaired) electrons. The lowest BCUT2D eigenvalue weighted by atomic mass is 9.86. The molecule has 102 valence electrons. The minimum absolute atomic E-state index is 0.196. The Morgan fingerprint density at radius 1 is 1.42 bits per heavy atom. The Balaban J connectivity index is 2.00. The van der Waals surface area contributed by atoms with Gasteiger partial charge in [0.25, 0.3) is 0 Å². The Labute approximate surface area is 114 Å². The Morgan fingerprint density at radius 3 is 2.89 bits per heavy atom. The van der Waals surface area contributed by atoms with Gasteiger partial charge < -0.3 is 4.74 Å². The van der Waals surface area contributed by atoms with E-state index in [0.717, 1.165) is 36.9 Å². The highest BCUT2D eigenvalue weighted by molar-refractivity contribution is 5.91. The molecule has 2 aliphatic carbocycles. The maximum Gasteiger partial charge on any atom is 0.339 e. The number of fused-ring (bicyclic) bond motifs is 1. The first-order valence-electron chi connectivity index (χ1n) is 7.38. The molecule has 0 aromatic carbocycles. The summed E-state index contributed by atoms with van der Waals surface area (Å²) in [5, 5.41) is 0. The Morgan fingerprint density at radius 2 is 2.21 bits per heavy atom. The third-order valence-corrected chi connectivity index (χ3v) is 4.12. The number of hydrogen-bond acceptors (Lipinski definition) is 3. The Bertz CT molecular complexity index is 506. The number of nitrogens with zero attached hydrogens (tertiary/aromatic N) is 1. The quantitative estimate of drug-likeness (QED) is 0.782. The average molecular weight is 259 g/mol. The van der Waals surface area contributed by atoms with Crippen molar-refractivity contribution in [1.29, 1.82) is 0 Å². The summed E-state index contributed by atoms with van der Waals surface area (Å²) >= 11 is 0. The van der Waals surface area contributed by atoms with Crippen LogP contribution < -0.4 is 0 Å². The van der Waals surface area contributed by atoms with Crippen LogP contribution in [0.5, 0.6) is 0 Å². The van der Waals surface area contributed by atoms with Gasteiger partial charge in [-0.15, -0.1) is 0 Å². The molecule has 1 fully saturated rings. The lowest BCUT2D eigenvalue weighted by Gasteiger charge is -2.22. The fraction of sp³-hybridized carbons (Fsp3) is 0.625. The van der Waals surface area contributed by atoms with Gasteiger partial charge in [-0.1, -0.05) is 6.92 Å². The highest BCUT2D eigenvalue weighted by Gasteiger charge is 2.32. The van der Waals surface area contributed by atoms with E-state index in [0.29, 0.717) is 18.4 Å². The molecule has 0 saturated heterocycles. The van der Waals surface area contributed by atoms with E-state index >= 15 is 0 Å². The zero-order valence-electron chi connectivity index (χ0n) is 11.7. The maximum absolute atomic E-state index is 12.1. The summed E-state index contributed by atoms with van der Waals surface area (Å²) in [6.07, 6.45) is 5.63. The van der Waals surface area contributed by atoms with Crippen LogP contribution in [0.4, 0.5) is 0 Å². The first kappa shape index (κ1) is 12.6. The van der Waals surface area contributed by atoms with Gasteiger partial charge in [-0.05, 0) is 56.6 Å². The van der Waals surface area contributed by atoms with Crippen LogP contribution in [0.1, 0.15) is 66.3 Å². The molecule has 0 amide bonds. The fourth-order valence-corrected chi connectivity index (χ4v) is 2.90. The molecule has 1 saturated carbocycles. The second kappa shape index (κ2) is 4.95. The van der Waals surface area contributed by atoms with Gasteiger partial charge >= 0.3 is 5.97 Å². The largest absolute Gasteiger partial charge is 0.462 e. The zero-order valence-corrected chi connectivity index (χ0v) is 11.7. The molecule has 1 aromatic heterocycles. The van der Waals surface area contributed by atoms with Crippen molar-refractivity contribution >= 4 is 5.97 Å². The van der Waals surface area contributed by atoms with Crippen molar-refractivity contribution in [3.05, 3.63) is 28.6 Å². The van der Waals surface area contributed by atoms with Gasteiger partial charge in [0.2, 0.25) is 0 Å². The van der Waals surface area contributed by atoms with E-state index in [4.69, 9.17) is 9.72 Å². The number of esters is 1. The minimum atomic E-state index is -0.196. The second-order valence-electron chi connectivity index (χ2n) is 5.87. The van der Waals surface area contributed by atoms with Crippen molar-refractivity contribution in [2.75, 3.05) is 6.61 Å². The van der Waals surface area contributed by atoms with E-state index in [-0.39, 0.29) is 5.97 Å². The third kappa shape index (κ3) is 2.51. The SMILES string of the molecule is CCOC(=O)c1cc2c(nc1C1CC1)CCC(C)C2. The number of hydrogen-bond donors (Lipinski definition) is 0. The molecule has 1 unspecified atom stereocenters. The highest BCUT2D eigenvalue weighted by Crippen LogP contribution is 2.42. The number of carbonyl (C=O) groups is 1. The molecule has 1 aromatic rings. The topological polar surface area (TPSA) is 39.2 Å². The molecular weight excluding hydrogens is 238 g/mol. The second-order valence-corrected chi connectivity index (χ2v) is 5.87. The first-order chi connectivity index (χ1) is 9.19. The van der Waals surface area contributed by atoms with Crippen LogP contribution in [0.15, 0.2) is 6.07 Å². The Kier molecular flexibility index (Phi) is 3.29. The van der Waals surface area contributed by atoms with Crippen LogP contribution in [-0.2, 0) is 17.6 Å². The van der Waals surface area contributed by atoms with Crippen LogP contribution in [0, 0.1) is 5.92 Å². The summed E-state index contributed by atoms with van der Waals surface area (Å²) < 4.78 is 5.19. The molecule has 1 heterocycles. The molecule has 0 spiro atoms. The van der Waals surface area contributed by atoms with Crippen molar-refractivity contribution in [2.24, 2.45) is 5.92 Å². The molecule has 3 rings (SSSR count). The fourth-order valence-electron chi connectivity index (χ4n) is 2.90. The number of rotatable bonds is 3. The van der Waals surface area contributed by atoms with Gasteiger partial charge in [-0.25, -0.2) is 4.79 Å². The molecule has 3 heteroatoms. The molecular formula is C16H21NO2. The summed E-state index contributed by atoms with van der Waals surface area (Å²) in [5.41, 5.74) is 4.18. The number of aromatic nitrogens is 1. The Hall–Kier alpha value is -1.38. The molecule has 1 atom stereocenters. The van der Waals surface area contributed by atoms with Crippen molar-refractivity contribution in [1.82, 2.24) is 4.98 Å². The van der Waals surface area contributed by atoms with Crippen LogP contribution in [-0.4, -0.2) is 17.6 Å². The molecule has 19 heavy (non-hydrogen) atoms. The predicted octanol–water partition coefficient (Wildman–Crippen LogP) is 3.26. The third-order valence-electron chi connectivity index (χ3n) is 4.12. The number of aryl methyl sites for hydroxylation is 1. The van der Waals surface area contributed by atoms with Crippen LogP contribution in [0.2, 0.25) is 0 Å². The van der Waals surface area contributed by atoms with E-state index in [1.807, 2.05) is 6.92 Å². The van der Waals surface area contributed by atoms with E-state index < -0.39 is 0 Å². The van der Waals surface area contributed by atoms with Gasteiger partial charge in [0.05, 0.1) is 17.9 Å². The van der Waals surface area contributed by atoms with Crippen LogP contribution in [0.25, 0.3) is 0 Å². The highest BCUT2D eigenvalue weighted by atomic mass is 16.5. The normalized spacial score (nSPS) is 21.9. The number of ether oxygens (including phenoxy) is 1. The van der Waals surface area contributed by atoms with Crippen molar-refractivity contribution in [3.63, 3.8) is 0 Å². The minimum Gasteiger partial charge on any atom is -0.462 e. The van der Waals surface area contributed by atoms with Crippen LogP contribution >= 0.6 is 0 Å². The lowest BCUT2D eigenvalue weighted by molar-refractivity contribution is 0.0524. The van der Waals surface area contributed by atoms with E-state index in [2.05, 4.69) is 13.0 Å². The van der Waals surface area contributed by atoms with E-state index in [1.54, 1.807) is 0 Å².